The van der Waals surface area contributed by atoms with Crippen LogP contribution in [0.3, 0.4) is 0 Å². The highest BCUT2D eigenvalue weighted by Crippen LogP contribution is 2.27. The van der Waals surface area contributed by atoms with Crippen molar-refractivity contribution in [3.05, 3.63) is 137 Å². The molecule has 0 radical (unpaired) electrons. The van der Waals surface area contributed by atoms with Crippen molar-refractivity contribution < 1.29 is 0 Å². The quantitative estimate of drug-likeness (QED) is 0.204. The van der Waals surface area contributed by atoms with Crippen molar-refractivity contribution in [3.63, 3.8) is 0 Å². The normalized spacial score (nSPS) is 11.9. The maximum atomic E-state index is 4.94. The second-order valence-corrected chi connectivity index (χ2v) is 8.32. The minimum atomic E-state index is 0.624. The molecular weight excluding hydrogens is 456 g/mol. The van der Waals surface area contributed by atoms with Gasteiger partial charge in [0.25, 0.3) is 0 Å². The summed E-state index contributed by atoms with van der Waals surface area (Å²) in [6.45, 7) is 6.21. The standard InChI is InChI=1S/C29H23BrN2/c1-21(23-12-6-3-7-13-23)31-29(32-22(2)24-14-8-4-9-15-24)27-18-26(19-28(30)20-27)25-16-10-5-11-17-25/h3-20H,1H2,2H3. The molecule has 0 saturated carbocycles. The van der Waals surface area contributed by atoms with Crippen LogP contribution in [0.4, 0.5) is 0 Å². The van der Waals surface area contributed by atoms with Crippen molar-refractivity contribution >= 4 is 33.2 Å². The second-order valence-electron chi connectivity index (χ2n) is 7.41. The van der Waals surface area contributed by atoms with Crippen LogP contribution in [-0.2, 0) is 0 Å². The van der Waals surface area contributed by atoms with E-state index in [1.165, 1.54) is 0 Å². The van der Waals surface area contributed by atoms with Crippen LogP contribution < -0.4 is 0 Å². The van der Waals surface area contributed by atoms with Crippen LogP contribution in [0.1, 0.15) is 23.6 Å². The first-order valence-electron chi connectivity index (χ1n) is 10.4. The Bertz CT molecular complexity index is 1270. The lowest BCUT2D eigenvalue weighted by Gasteiger charge is -2.10. The summed E-state index contributed by atoms with van der Waals surface area (Å²) in [5.74, 6) is 0.624. The SMILES string of the molecule is C=C(N=C(N=C(C)c1ccccc1)c1cc(Br)cc(-c2ccccc2)c1)c1ccccc1. The third-order valence-corrected chi connectivity index (χ3v) is 5.53. The molecule has 0 fully saturated rings. The first-order valence-corrected chi connectivity index (χ1v) is 11.2. The summed E-state index contributed by atoms with van der Waals surface area (Å²) in [6, 6.07) is 36.7. The van der Waals surface area contributed by atoms with E-state index in [-0.39, 0.29) is 0 Å². The van der Waals surface area contributed by atoms with E-state index in [1.807, 2.05) is 79.7 Å². The highest BCUT2D eigenvalue weighted by atomic mass is 79.9. The molecule has 0 aromatic heterocycles. The first kappa shape index (κ1) is 21.7. The molecule has 0 aliphatic heterocycles. The van der Waals surface area contributed by atoms with E-state index in [1.54, 1.807) is 0 Å². The van der Waals surface area contributed by atoms with Crippen molar-refractivity contribution in [2.45, 2.75) is 6.92 Å². The van der Waals surface area contributed by atoms with Gasteiger partial charge in [-0.25, -0.2) is 9.98 Å². The van der Waals surface area contributed by atoms with Crippen molar-refractivity contribution in [2.75, 3.05) is 0 Å². The summed E-state index contributed by atoms with van der Waals surface area (Å²) in [6.07, 6.45) is 0. The van der Waals surface area contributed by atoms with E-state index >= 15 is 0 Å². The Morgan fingerprint density at radius 3 is 1.81 bits per heavy atom. The Hall–Kier alpha value is -3.56. The molecule has 4 aromatic carbocycles. The smallest absolute Gasteiger partial charge is 0.160 e. The van der Waals surface area contributed by atoms with Crippen LogP contribution in [-0.4, -0.2) is 11.5 Å². The number of benzene rings is 4. The lowest BCUT2D eigenvalue weighted by Crippen LogP contribution is -2.04. The van der Waals surface area contributed by atoms with E-state index in [0.29, 0.717) is 11.5 Å². The second kappa shape index (κ2) is 10.2. The van der Waals surface area contributed by atoms with Crippen molar-refractivity contribution in [1.29, 1.82) is 0 Å². The number of hydrogen-bond acceptors (Lipinski definition) is 1. The van der Waals surface area contributed by atoms with Crippen LogP contribution in [0, 0.1) is 0 Å². The molecule has 4 rings (SSSR count). The van der Waals surface area contributed by atoms with Crippen LogP contribution >= 0.6 is 15.9 Å². The highest BCUT2D eigenvalue weighted by molar-refractivity contribution is 9.10. The van der Waals surface area contributed by atoms with Crippen LogP contribution in [0.15, 0.2) is 130 Å². The Labute approximate surface area is 197 Å². The van der Waals surface area contributed by atoms with Gasteiger partial charge in [0.2, 0.25) is 0 Å². The number of halogens is 1. The topological polar surface area (TPSA) is 24.7 Å². The maximum absolute atomic E-state index is 4.94. The molecule has 0 spiro atoms. The van der Waals surface area contributed by atoms with Crippen molar-refractivity contribution in [1.82, 2.24) is 0 Å². The van der Waals surface area contributed by atoms with E-state index < -0.39 is 0 Å². The van der Waals surface area contributed by atoms with E-state index in [9.17, 15) is 0 Å². The number of nitrogens with zero attached hydrogens (tertiary/aromatic N) is 2. The average molecular weight is 479 g/mol. The van der Waals surface area contributed by atoms with Gasteiger partial charge in [0.15, 0.2) is 5.84 Å². The van der Waals surface area contributed by atoms with Gasteiger partial charge in [0.05, 0.1) is 5.70 Å². The zero-order chi connectivity index (χ0) is 22.3. The van der Waals surface area contributed by atoms with Gasteiger partial charge in [-0.2, -0.15) is 0 Å². The summed E-state index contributed by atoms with van der Waals surface area (Å²) in [4.78, 5) is 9.82. The predicted molar refractivity (Wildman–Crippen MR) is 140 cm³/mol. The Morgan fingerprint density at radius 1 is 0.625 bits per heavy atom. The van der Waals surface area contributed by atoms with Gasteiger partial charge in [0.1, 0.15) is 0 Å². The third-order valence-electron chi connectivity index (χ3n) is 5.08. The van der Waals surface area contributed by atoms with Gasteiger partial charge in [-0.1, -0.05) is 114 Å². The molecule has 0 amide bonds. The average Bonchev–Trinajstić information content (AvgIpc) is 2.84. The molecule has 0 saturated heterocycles. The minimum Gasteiger partial charge on any atom is -0.233 e. The van der Waals surface area contributed by atoms with Crippen LogP contribution in [0.25, 0.3) is 16.8 Å². The summed E-state index contributed by atoms with van der Waals surface area (Å²) >= 11 is 3.68. The molecule has 0 bridgehead atoms. The molecule has 32 heavy (non-hydrogen) atoms. The molecule has 0 heterocycles. The lowest BCUT2D eigenvalue weighted by atomic mass is 10.0. The molecule has 3 heteroatoms. The molecule has 156 valence electrons. The highest BCUT2D eigenvalue weighted by Gasteiger charge is 2.10. The van der Waals surface area contributed by atoms with Gasteiger partial charge in [-0.15, -0.1) is 0 Å². The number of amidine groups is 1. The fraction of sp³-hybridized carbons (Fsp3) is 0.0345. The molecule has 2 nitrogen and oxygen atoms in total. The van der Waals surface area contributed by atoms with Crippen molar-refractivity contribution in [2.24, 2.45) is 9.98 Å². The molecule has 0 unspecified atom stereocenters. The molecule has 0 aliphatic carbocycles. The molecule has 4 aromatic rings. The van der Waals surface area contributed by atoms with E-state index in [0.717, 1.165) is 38.0 Å². The van der Waals surface area contributed by atoms with Gasteiger partial charge >= 0.3 is 0 Å². The zero-order valence-electron chi connectivity index (χ0n) is 17.9. The summed E-state index contributed by atoms with van der Waals surface area (Å²) in [5, 5.41) is 0. The first-order chi connectivity index (χ1) is 15.6. The Morgan fingerprint density at radius 2 is 1.19 bits per heavy atom. The summed E-state index contributed by atoms with van der Waals surface area (Å²) in [5.41, 5.74) is 6.75. The fourth-order valence-corrected chi connectivity index (χ4v) is 3.89. The van der Waals surface area contributed by atoms with E-state index in [2.05, 4.69) is 58.9 Å². The maximum Gasteiger partial charge on any atom is 0.160 e. The Balaban J connectivity index is 1.83. The van der Waals surface area contributed by atoms with Gasteiger partial charge in [-0.3, -0.25) is 0 Å². The third kappa shape index (κ3) is 5.37. The molecule has 0 N–H and O–H groups in total. The number of aliphatic imine (C=N–C) groups is 2. The molecule has 0 atom stereocenters. The number of hydrogen-bond donors (Lipinski definition) is 0. The van der Waals surface area contributed by atoms with Crippen molar-refractivity contribution in [3.8, 4) is 11.1 Å². The van der Waals surface area contributed by atoms with Gasteiger partial charge in [0, 0.05) is 15.7 Å². The van der Waals surface area contributed by atoms with E-state index in [4.69, 9.17) is 9.98 Å². The molecular formula is C29H23BrN2. The molecule has 0 aliphatic rings. The van der Waals surface area contributed by atoms with Crippen LogP contribution in [0.5, 0.6) is 0 Å². The van der Waals surface area contributed by atoms with Gasteiger partial charge < -0.3 is 0 Å². The minimum absolute atomic E-state index is 0.624. The monoisotopic (exact) mass is 478 g/mol. The number of rotatable bonds is 5. The summed E-state index contributed by atoms with van der Waals surface area (Å²) < 4.78 is 0.972. The fourth-order valence-electron chi connectivity index (χ4n) is 3.40. The zero-order valence-corrected chi connectivity index (χ0v) is 19.5. The predicted octanol–water partition coefficient (Wildman–Crippen LogP) is 8.04. The Kier molecular flexibility index (Phi) is 6.88. The van der Waals surface area contributed by atoms with Crippen LogP contribution in [0.2, 0.25) is 0 Å². The summed E-state index contributed by atoms with van der Waals surface area (Å²) in [7, 11) is 0. The van der Waals surface area contributed by atoms with Gasteiger partial charge in [-0.05, 0) is 47.4 Å². The largest absolute Gasteiger partial charge is 0.233 e. The lowest BCUT2D eigenvalue weighted by molar-refractivity contribution is 1.43.